The molecule has 1 aliphatic rings. The van der Waals surface area contributed by atoms with Crippen molar-refractivity contribution >= 4 is 5.82 Å². The number of nitrogens with zero attached hydrogens (tertiary/aromatic N) is 1. The summed E-state index contributed by atoms with van der Waals surface area (Å²) in [4.78, 5) is 4.03. The molecule has 0 saturated heterocycles. The third-order valence-electron chi connectivity index (χ3n) is 3.41. The number of nitrogen functional groups attached to an aromatic ring is 1. The summed E-state index contributed by atoms with van der Waals surface area (Å²) in [6.07, 6.45) is 8.56. The number of nitrogens with two attached hydrogens (primary N) is 1. The molecule has 2 nitrogen and oxygen atoms in total. The van der Waals surface area contributed by atoms with Gasteiger partial charge >= 0.3 is 0 Å². The van der Waals surface area contributed by atoms with Gasteiger partial charge in [0.05, 0.1) is 0 Å². The van der Waals surface area contributed by atoms with Gasteiger partial charge in [-0.15, -0.1) is 0 Å². The molecule has 2 N–H and O–H groups in total. The normalized spacial score (nSPS) is 26.5. The Kier molecular flexibility index (Phi) is 3.24. The van der Waals surface area contributed by atoms with Crippen LogP contribution in [0.4, 0.5) is 5.82 Å². The maximum atomic E-state index is 5.68. The van der Waals surface area contributed by atoms with E-state index in [0.717, 1.165) is 11.8 Å². The molecule has 0 aromatic carbocycles. The minimum absolute atomic E-state index is 0.649. The zero-order chi connectivity index (χ0) is 10.7. The van der Waals surface area contributed by atoms with Crippen molar-refractivity contribution < 1.29 is 0 Å². The van der Waals surface area contributed by atoms with Crippen LogP contribution in [-0.2, 0) is 6.42 Å². The number of pyridine rings is 1. The lowest BCUT2D eigenvalue weighted by Gasteiger charge is -2.26. The molecular weight excluding hydrogens is 184 g/mol. The fourth-order valence-corrected chi connectivity index (χ4v) is 2.70. The molecule has 1 saturated carbocycles. The number of aromatic nitrogens is 1. The molecule has 1 aliphatic carbocycles. The molecule has 0 spiro atoms. The Morgan fingerprint density at radius 1 is 1.47 bits per heavy atom. The van der Waals surface area contributed by atoms with E-state index in [2.05, 4.69) is 18.0 Å². The van der Waals surface area contributed by atoms with Gasteiger partial charge in [0, 0.05) is 6.20 Å². The number of anilines is 1. The second kappa shape index (κ2) is 4.65. The monoisotopic (exact) mass is 204 g/mol. The third kappa shape index (κ3) is 2.95. The topological polar surface area (TPSA) is 38.9 Å². The first-order valence-electron chi connectivity index (χ1n) is 5.94. The van der Waals surface area contributed by atoms with E-state index < -0.39 is 0 Å². The first-order valence-corrected chi connectivity index (χ1v) is 5.94. The van der Waals surface area contributed by atoms with Crippen molar-refractivity contribution in [1.82, 2.24) is 4.98 Å². The van der Waals surface area contributed by atoms with Gasteiger partial charge in [-0.25, -0.2) is 4.98 Å². The second-order valence-electron chi connectivity index (χ2n) is 4.93. The Bertz CT molecular complexity index is 322. The molecule has 1 fully saturated rings. The molecule has 2 heteroatoms. The molecule has 0 aliphatic heterocycles. The maximum absolute atomic E-state index is 5.68. The molecule has 82 valence electrons. The van der Waals surface area contributed by atoms with Gasteiger partial charge in [-0.3, -0.25) is 0 Å². The van der Waals surface area contributed by atoms with Crippen molar-refractivity contribution in [2.24, 2.45) is 11.8 Å². The van der Waals surface area contributed by atoms with Crippen molar-refractivity contribution in [3.63, 3.8) is 0 Å². The van der Waals surface area contributed by atoms with Gasteiger partial charge in [0.15, 0.2) is 0 Å². The Morgan fingerprint density at radius 3 is 3.07 bits per heavy atom. The van der Waals surface area contributed by atoms with Gasteiger partial charge in [0.1, 0.15) is 5.82 Å². The zero-order valence-corrected chi connectivity index (χ0v) is 9.45. The Labute approximate surface area is 91.9 Å². The van der Waals surface area contributed by atoms with E-state index in [-0.39, 0.29) is 0 Å². The molecule has 2 unspecified atom stereocenters. The predicted molar refractivity (Wildman–Crippen MR) is 63.5 cm³/mol. The van der Waals surface area contributed by atoms with Crippen molar-refractivity contribution in [3.8, 4) is 0 Å². The summed E-state index contributed by atoms with van der Waals surface area (Å²) in [6, 6.07) is 4.11. The fourth-order valence-electron chi connectivity index (χ4n) is 2.70. The lowest BCUT2D eigenvalue weighted by molar-refractivity contribution is 0.281. The van der Waals surface area contributed by atoms with E-state index in [1.807, 2.05) is 12.3 Å². The summed E-state index contributed by atoms with van der Waals surface area (Å²) in [5.41, 5.74) is 7.03. The molecule has 0 bridgehead atoms. The smallest absolute Gasteiger partial charge is 0.123 e. The summed E-state index contributed by atoms with van der Waals surface area (Å²) in [5, 5.41) is 0. The highest BCUT2D eigenvalue weighted by molar-refractivity contribution is 5.31. The maximum Gasteiger partial charge on any atom is 0.123 e. The largest absolute Gasteiger partial charge is 0.384 e. The highest BCUT2D eigenvalue weighted by atomic mass is 14.8. The number of hydrogen-bond acceptors (Lipinski definition) is 2. The van der Waals surface area contributed by atoms with Crippen LogP contribution in [0.2, 0.25) is 0 Å². The van der Waals surface area contributed by atoms with Crippen molar-refractivity contribution in [1.29, 1.82) is 0 Å². The van der Waals surface area contributed by atoms with Crippen LogP contribution in [0.3, 0.4) is 0 Å². The average molecular weight is 204 g/mol. The molecule has 0 radical (unpaired) electrons. The Morgan fingerprint density at radius 2 is 2.33 bits per heavy atom. The number of hydrogen-bond donors (Lipinski definition) is 1. The van der Waals surface area contributed by atoms with Crippen LogP contribution in [-0.4, -0.2) is 4.98 Å². The quantitative estimate of drug-likeness (QED) is 0.804. The molecule has 0 amide bonds. The minimum Gasteiger partial charge on any atom is -0.384 e. The van der Waals surface area contributed by atoms with Gasteiger partial charge in [-0.2, -0.15) is 0 Å². The van der Waals surface area contributed by atoms with Gasteiger partial charge in [-0.1, -0.05) is 26.2 Å². The van der Waals surface area contributed by atoms with Crippen LogP contribution < -0.4 is 5.73 Å². The Hall–Kier alpha value is -1.05. The van der Waals surface area contributed by atoms with Crippen molar-refractivity contribution in [2.45, 2.75) is 39.0 Å². The summed E-state index contributed by atoms with van der Waals surface area (Å²) in [6.45, 7) is 2.37. The summed E-state index contributed by atoms with van der Waals surface area (Å²) >= 11 is 0. The SMILES string of the molecule is CC1CCCC(Cc2ccnc(N)c2)C1. The van der Waals surface area contributed by atoms with Crippen LogP contribution >= 0.6 is 0 Å². The average Bonchev–Trinajstić information content (AvgIpc) is 2.17. The van der Waals surface area contributed by atoms with E-state index in [1.165, 1.54) is 37.7 Å². The highest BCUT2D eigenvalue weighted by Gasteiger charge is 2.18. The fraction of sp³-hybridized carbons (Fsp3) is 0.615. The molecule has 15 heavy (non-hydrogen) atoms. The van der Waals surface area contributed by atoms with Crippen LogP contribution in [0.5, 0.6) is 0 Å². The lowest BCUT2D eigenvalue weighted by Crippen LogP contribution is -2.15. The summed E-state index contributed by atoms with van der Waals surface area (Å²) in [5.74, 6) is 2.41. The van der Waals surface area contributed by atoms with Crippen LogP contribution in [0, 0.1) is 11.8 Å². The third-order valence-corrected chi connectivity index (χ3v) is 3.41. The van der Waals surface area contributed by atoms with Crippen LogP contribution in [0.15, 0.2) is 18.3 Å². The zero-order valence-electron chi connectivity index (χ0n) is 9.45. The van der Waals surface area contributed by atoms with E-state index in [0.29, 0.717) is 5.82 Å². The van der Waals surface area contributed by atoms with Crippen LogP contribution in [0.25, 0.3) is 0 Å². The highest BCUT2D eigenvalue weighted by Crippen LogP contribution is 2.30. The Balaban J connectivity index is 1.96. The molecule has 1 heterocycles. The molecular formula is C13H20N2. The first kappa shape index (κ1) is 10.5. The standard InChI is InChI=1S/C13H20N2/c1-10-3-2-4-11(7-10)8-12-5-6-15-13(14)9-12/h5-6,9-11H,2-4,7-8H2,1H3,(H2,14,15). The first-order chi connectivity index (χ1) is 7.24. The summed E-state index contributed by atoms with van der Waals surface area (Å²) < 4.78 is 0. The van der Waals surface area contributed by atoms with E-state index in [4.69, 9.17) is 5.73 Å². The van der Waals surface area contributed by atoms with Crippen molar-refractivity contribution in [2.75, 3.05) is 5.73 Å². The molecule has 2 atom stereocenters. The van der Waals surface area contributed by atoms with E-state index >= 15 is 0 Å². The van der Waals surface area contributed by atoms with Gasteiger partial charge < -0.3 is 5.73 Å². The summed E-state index contributed by atoms with van der Waals surface area (Å²) in [7, 11) is 0. The molecule has 1 aromatic heterocycles. The molecule has 2 rings (SSSR count). The van der Waals surface area contributed by atoms with E-state index in [1.54, 1.807) is 0 Å². The van der Waals surface area contributed by atoms with Gasteiger partial charge in [-0.05, 0) is 42.4 Å². The van der Waals surface area contributed by atoms with Gasteiger partial charge in [0.2, 0.25) is 0 Å². The second-order valence-corrected chi connectivity index (χ2v) is 4.93. The molecule has 1 aromatic rings. The van der Waals surface area contributed by atoms with Crippen molar-refractivity contribution in [3.05, 3.63) is 23.9 Å². The number of rotatable bonds is 2. The van der Waals surface area contributed by atoms with Gasteiger partial charge in [0.25, 0.3) is 0 Å². The lowest BCUT2D eigenvalue weighted by atomic mass is 9.79. The predicted octanol–water partition coefficient (Wildman–Crippen LogP) is 3.03. The van der Waals surface area contributed by atoms with E-state index in [9.17, 15) is 0 Å². The van der Waals surface area contributed by atoms with Crippen LogP contribution in [0.1, 0.15) is 38.2 Å². The minimum atomic E-state index is 0.649.